The van der Waals surface area contributed by atoms with Crippen LogP contribution in [0.15, 0.2) is 18.2 Å². The number of fused-ring (bicyclic) bond motifs is 1. The Bertz CT molecular complexity index is 994. The zero-order chi connectivity index (χ0) is 21.3. The van der Waals surface area contributed by atoms with Gasteiger partial charge in [-0.1, -0.05) is 6.92 Å². The number of aryl methyl sites for hydroxylation is 1. The van der Waals surface area contributed by atoms with Gasteiger partial charge in [-0.25, -0.2) is 0 Å². The van der Waals surface area contributed by atoms with E-state index in [1.807, 2.05) is 59.7 Å². The maximum absolute atomic E-state index is 12.6. The Morgan fingerprint density at radius 1 is 1.24 bits per heavy atom. The Balaban J connectivity index is 1.99. The lowest BCUT2D eigenvalue weighted by molar-refractivity contribution is -0.110. The second-order valence-electron chi connectivity index (χ2n) is 8.35. The lowest BCUT2D eigenvalue weighted by atomic mass is 10.0. The number of rotatable bonds is 5. The average molecular weight is 396 g/mol. The van der Waals surface area contributed by atoms with Gasteiger partial charge in [-0.3, -0.25) is 9.59 Å². The number of nitrogens with one attached hydrogen (secondary N) is 3. The van der Waals surface area contributed by atoms with Crippen molar-refractivity contribution in [2.75, 3.05) is 11.9 Å². The molecule has 3 N–H and O–H groups in total. The van der Waals surface area contributed by atoms with Crippen molar-refractivity contribution in [2.45, 2.75) is 53.6 Å². The molecule has 29 heavy (non-hydrogen) atoms. The molecule has 2 amide bonds. The standard InChI is InChI=1S/C23H29N3O3/c1-7-10-24-22(28)20-13(2)19(25-14(20)3)12-17-16-11-15(29-23(4,5)6)8-9-18(16)26-21(17)27/h8-9,11-12,25H,7,10H2,1-6H3,(H,24,28)(H,26,27)/b17-12-. The van der Waals surface area contributed by atoms with Gasteiger partial charge in [0.1, 0.15) is 11.4 Å². The van der Waals surface area contributed by atoms with Crippen LogP contribution in [0.25, 0.3) is 11.6 Å². The van der Waals surface area contributed by atoms with Crippen LogP contribution < -0.4 is 15.4 Å². The first-order valence-electron chi connectivity index (χ1n) is 9.94. The molecular weight excluding hydrogens is 366 g/mol. The van der Waals surface area contributed by atoms with E-state index in [1.54, 1.807) is 6.08 Å². The summed E-state index contributed by atoms with van der Waals surface area (Å²) in [4.78, 5) is 28.3. The molecule has 0 radical (unpaired) electrons. The third-order valence-corrected chi connectivity index (χ3v) is 4.73. The SMILES string of the molecule is CCCNC(=O)c1c(C)[nH]c(/C=C2\C(=O)Nc3ccc(OC(C)(C)C)cc32)c1C. The van der Waals surface area contributed by atoms with Crippen molar-refractivity contribution in [3.8, 4) is 5.75 Å². The maximum atomic E-state index is 12.6. The minimum absolute atomic E-state index is 0.0973. The fraction of sp³-hybridized carbons (Fsp3) is 0.391. The highest BCUT2D eigenvalue weighted by Gasteiger charge is 2.27. The van der Waals surface area contributed by atoms with Gasteiger partial charge in [-0.2, -0.15) is 0 Å². The number of hydrogen-bond donors (Lipinski definition) is 3. The lowest BCUT2D eigenvalue weighted by Gasteiger charge is -2.21. The van der Waals surface area contributed by atoms with Gasteiger partial charge >= 0.3 is 0 Å². The molecule has 1 aliphatic heterocycles. The molecule has 0 bridgehead atoms. The fourth-order valence-electron chi connectivity index (χ4n) is 3.46. The number of carbonyl (C=O) groups excluding carboxylic acids is 2. The third-order valence-electron chi connectivity index (χ3n) is 4.73. The van der Waals surface area contributed by atoms with E-state index >= 15 is 0 Å². The Labute approximate surface area is 171 Å². The first-order chi connectivity index (χ1) is 13.6. The van der Waals surface area contributed by atoms with Gasteiger partial charge in [0.2, 0.25) is 0 Å². The molecule has 1 aromatic carbocycles. The summed E-state index contributed by atoms with van der Waals surface area (Å²) in [5.41, 5.74) is 4.76. The lowest BCUT2D eigenvalue weighted by Crippen LogP contribution is -2.24. The van der Waals surface area contributed by atoms with E-state index in [0.717, 1.165) is 34.6 Å². The van der Waals surface area contributed by atoms with Crippen LogP contribution in [0, 0.1) is 13.8 Å². The molecule has 0 aliphatic carbocycles. The molecule has 154 valence electrons. The number of H-pyrrole nitrogens is 1. The topological polar surface area (TPSA) is 83.2 Å². The van der Waals surface area contributed by atoms with E-state index in [-0.39, 0.29) is 17.4 Å². The zero-order valence-corrected chi connectivity index (χ0v) is 17.9. The molecule has 3 rings (SSSR count). The third kappa shape index (κ3) is 4.36. The van der Waals surface area contributed by atoms with E-state index in [4.69, 9.17) is 4.74 Å². The van der Waals surface area contributed by atoms with Gasteiger partial charge in [0.05, 0.1) is 11.1 Å². The summed E-state index contributed by atoms with van der Waals surface area (Å²) in [5.74, 6) is 0.439. The van der Waals surface area contributed by atoms with E-state index < -0.39 is 0 Å². The minimum atomic E-state index is -0.331. The predicted octanol–water partition coefficient (Wildman–Crippen LogP) is 4.44. The molecule has 6 heteroatoms. The smallest absolute Gasteiger partial charge is 0.256 e. The second-order valence-corrected chi connectivity index (χ2v) is 8.35. The number of amides is 2. The highest BCUT2D eigenvalue weighted by Crippen LogP contribution is 2.37. The van der Waals surface area contributed by atoms with Crippen LogP contribution in [0.4, 0.5) is 5.69 Å². The van der Waals surface area contributed by atoms with Gasteiger partial charge in [0.25, 0.3) is 11.8 Å². The highest BCUT2D eigenvalue weighted by atomic mass is 16.5. The summed E-state index contributed by atoms with van der Waals surface area (Å²) < 4.78 is 5.95. The number of anilines is 1. The van der Waals surface area contributed by atoms with Crippen molar-refractivity contribution in [3.05, 3.63) is 46.3 Å². The van der Waals surface area contributed by atoms with E-state index in [9.17, 15) is 9.59 Å². The number of ether oxygens (including phenoxy) is 1. The van der Waals surface area contributed by atoms with Crippen LogP contribution >= 0.6 is 0 Å². The number of hydrogen-bond acceptors (Lipinski definition) is 3. The average Bonchev–Trinajstić information content (AvgIpc) is 3.08. The van der Waals surface area contributed by atoms with E-state index in [0.29, 0.717) is 23.4 Å². The van der Waals surface area contributed by atoms with Crippen LogP contribution in [0.5, 0.6) is 5.75 Å². The van der Waals surface area contributed by atoms with Gasteiger partial charge in [0.15, 0.2) is 0 Å². The van der Waals surface area contributed by atoms with Crippen LogP contribution in [0.1, 0.15) is 67.0 Å². The molecule has 0 atom stereocenters. The summed E-state index contributed by atoms with van der Waals surface area (Å²) in [5, 5.41) is 5.81. The summed E-state index contributed by atoms with van der Waals surface area (Å²) in [6.07, 6.45) is 2.68. The molecule has 0 saturated heterocycles. The van der Waals surface area contributed by atoms with E-state index in [2.05, 4.69) is 15.6 Å². The minimum Gasteiger partial charge on any atom is -0.488 e. The van der Waals surface area contributed by atoms with Crippen LogP contribution in [-0.2, 0) is 4.79 Å². The second kappa shape index (κ2) is 7.78. The van der Waals surface area contributed by atoms with Gasteiger partial charge in [0, 0.05) is 29.2 Å². The summed E-state index contributed by atoms with van der Waals surface area (Å²) in [6, 6.07) is 5.59. The molecule has 6 nitrogen and oxygen atoms in total. The van der Waals surface area contributed by atoms with Crippen LogP contribution in [0.3, 0.4) is 0 Å². The molecule has 0 unspecified atom stereocenters. The molecule has 0 fully saturated rings. The molecule has 1 aliphatic rings. The van der Waals surface area contributed by atoms with E-state index in [1.165, 1.54) is 0 Å². The summed E-state index contributed by atoms with van der Waals surface area (Å²) in [6.45, 7) is 12.4. The van der Waals surface area contributed by atoms with Gasteiger partial charge < -0.3 is 20.4 Å². The predicted molar refractivity (Wildman–Crippen MR) is 116 cm³/mol. The first kappa shape index (κ1) is 20.7. The first-order valence-corrected chi connectivity index (χ1v) is 9.94. The van der Waals surface area contributed by atoms with Crippen molar-refractivity contribution in [2.24, 2.45) is 0 Å². The van der Waals surface area contributed by atoms with Gasteiger partial charge in [-0.15, -0.1) is 0 Å². The quantitative estimate of drug-likeness (QED) is 0.655. The zero-order valence-electron chi connectivity index (χ0n) is 17.9. The molecule has 0 spiro atoms. The van der Waals surface area contributed by atoms with Crippen LogP contribution in [0.2, 0.25) is 0 Å². The van der Waals surface area contributed by atoms with Crippen molar-refractivity contribution in [1.82, 2.24) is 10.3 Å². The molecule has 1 aromatic heterocycles. The van der Waals surface area contributed by atoms with Crippen molar-refractivity contribution in [1.29, 1.82) is 0 Å². The fourth-order valence-corrected chi connectivity index (χ4v) is 3.46. The van der Waals surface area contributed by atoms with Crippen molar-refractivity contribution >= 4 is 29.2 Å². The summed E-state index contributed by atoms with van der Waals surface area (Å²) in [7, 11) is 0. The molecule has 0 saturated carbocycles. The molecule has 2 aromatic rings. The number of benzene rings is 1. The number of carbonyl (C=O) groups is 2. The summed E-state index contributed by atoms with van der Waals surface area (Å²) >= 11 is 0. The highest BCUT2D eigenvalue weighted by molar-refractivity contribution is 6.35. The monoisotopic (exact) mass is 395 g/mol. The van der Waals surface area contributed by atoms with Crippen molar-refractivity contribution < 1.29 is 14.3 Å². The maximum Gasteiger partial charge on any atom is 0.256 e. The molecule has 2 heterocycles. The van der Waals surface area contributed by atoms with Gasteiger partial charge in [-0.05, 0) is 70.9 Å². The normalized spacial score (nSPS) is 14.7. The Kier molecular flexibility index (Phi) is 5.55. The Morgan fingerprint density at radius 3 is 2.62 bits per heavy atom. The number of aromatic amines is 1. The van der Waals surface area contributed by atoms with Crippen LogP contribution in [-0.4, -0.2) is 28.9 Å². The molecular formula is C23H29N3O3. The Morgan fingerprint density at radius 2 is 1.97 bits per heavy atom. The largest absolute Gasteiger partial charge is 0.488 e. The van der Waals surface area contributed by atoms with Crippen molar-refractivity contribution in [3.63, 3.8) is 0 Å². The number of aromatic nitrogens is 1. The Hall–Kier alpha value is -3.02.